The second kappa shape index (κ2) is 6.31. The zero-order valence-electron chi connectivity index (χ0n) is 11.5. The van der Waals surface area contributed by atoms with Crippen LogP contribution in [0.1, 0.15) is 28.4 Å². The third kappa shape index (κ3) is 3.15. The van der Waals surface area contributed by atoms with Crippen molar-refractivity contribution in [3.63, 3.8) is 0 Å². The van der Waals surface area contributed by atoms with Crippen LogP contribution >= 0.6 is 11.6 Å². The summed E-state index contributed by atoms with van der Waals surface area (Å²) < 4.78 is 13.5. The molecule has 1 atom stereocenters. The Morgan fingerprint density at radius 3 is 2.80 bits per heavy atom. The third-order valence-electron chi connectivity index (χ3n) is 3.24. The summed E-state index contributed by atoms with van der Waals surface area (Å²) in [6.45, 7) is 3.96. The first kappa shape index (κ1) is 14.9. The molecular formula is C15H17ClFN3. The summed E-state index contributed by atoms with van der Waals surface area (Å²) in [6, 6.07) is 6.60. The first-order chi connectivity index (χ1) is 9.52. The lowest BCUT2D eigenvalue weighted by atomic mass is 9.99. The summed E-state index contributed by atoms with van der Waals surface area (Å²) in [6.07, 6.45) is 2.27. The Bertz CT molecular complexity index is 616. The Morgan fingerprint density at radius 2 is 2.15 bits per heavy atom. The van der Waals surface area contributed by atoms with Crippen LogP contribution in [0.4, 0.5) is 4.39 Å². The molecule has 0 amide bonds. The summed E-state index contributed by atoms with van der Waals surface area (Å²) in [4.78, 5) is 4.42. The molecule has 1 aromatic carbocycles. The van der Waals surface area contributed by atoms with Gasteiger partial charge in [0.2, 0.25) is 0 Å². The zero-order valence-corrected chi connectivity index (χ0v) is 12.2. The summed E-state index contributed by atoms with van der Waals surface area (Å²) >= 11 is 5.98. The molecule has 0 spiro atoms. The molecule has 1 unspecified atom stereocenters. The summed E-state index contributed by atoms with van der Waals surface area (Å²) in [5.41, 5.74) is 6.41. The number of nitrogens with zero attached hydrogens (tertiary/aromatic N) is 1. The monoisotopic (exact) mass is 293 g/mol. The Labute approximate surface area is 122 Å². The van der Waals surface area contributed by atoms with Gasteiger partial charge >= 0.3 is 0 Å². The first-order valence-electron chi connectivity index (χ1n) is 6.35. The van der Waals surface area contributed by atoms with Crippen molar-refractivity contribution < 1.29 is 4.39 Å². The Hall–Kier alpha value is -1.49. The summed E-state index contributed by atoms with van der Waals surface area (Å²) in [5, 5.41) is 0.137. The molecular weight excluding hydrogens is 277 g/mol. The molecule has 0 aliphatic carbocycles. The number of nitrogens with one attached hydrogen (secondary N) is 1. The number of nitrogens with two attached hydrogens (primary N) is 1. The maximum Gasteiger partial charge on any atom is 0.142 e. The molecule has 0 saturated carbocycles. The molecule has 0 aliphatic rings. The lowest BCUT2D eigenvalue weighted by molar-refractivity contribution is 0.532. The van der Waals surface area contributed by atoms with E-state index in [4.69, 9.17) is 17.4 Å². The maximum absolute atomic E-state index is 13.5. The molecule has 0 bridgehead atoms. The highest BCUT2D eigenvalue weighted by molar-refractivity contribution is 6.31. The average Bonchev–Trinajstić information content (AvgIpc) is 2.41. The highest BCUT2D eigenvalue weighted by Gasteiger charge is 2.17. The van der Waals surface area contributed by atoms with Gasteiger partial charge in [-0.05, 0) is 43.0 Å². The molecule has 0 aliphatic heterocycles. The van der Waals surface area contributed by atoms with E-state index >= 15 is 0 Å². The lowest BCUT2D eigenvalue weighted by Gasteiger charge is -2.18. The van der Waals surface area contributed by atoms with Crippen LogP contribution in [0.5, 0.6) is 0 Å². The fraction of sp³-hybridized carbons (Fsp3) is 0.267. The van der Waals surface area contributed by atoms with Crippen molar-refractivity contribution in [3.8, 4) is 0 Å². The minimum atomic E-state index is -0.423. The van der Waals surface area contributed by atoms with Gasteiger partial charge in [-0.1, -0.05) is 29.8 Å². The molecule has 0 saturated heterocycles. The minimum Gasteiger partial charge on any atom is -0.271 e. The molecule has 2 rings (SSSR count). The van der Waals surface area contributed by atoms with Gasteiger partial charge in [-0.3, -0.25) is 16.3 Å². The van der Waals surface area contributed by atoms with Crippen molar-refractivity contribution >= 4 is 11.6 Å². The molecule has 3 nitrogen and oxygen atoms in total. The molecule has 0 radical (unpaired) electrons. The van der Waals surface area contributed by atoms with Crippen molar-refractivity contribution in [2.45, 2.75) is 26.3 Å². The number of hydrogen-bond donors (Lipinski definition) is 2. The molecule has 2 aromatic rings. The second-order valence-corrected chi connectivity index (χ2v) is 5.23. The van der Waals surface area contributed by atoms with Crippen molar-refractivity contribution in [2.75, 3.05) is 0 Å². The molecule has 20 heavy (non-hydrogen) atoms. The third-order valence-corrected chi connectivity index (χ3v) is 3.67. The van der Waals surface area contributed by atoms with E-state index in [1.54, 1.807) is 18.3 Å². The van der Waals surface area contributed by atoms with Crippen LogP contribution < -0.4 is 11.3 Å². The quantitative estimate of drug-likeness (QED) is 0.672. The van der Waals surface area contributed by atoms with Gasteiger partial charge in [-0.25, -0.2) is 4.39 Å². The fourth-order valence-electron chi connectivity index (χ4n) is 2.25. The number of aromatic nitrogens is 1. The fourth-order valence-corrected chi connectivity index (χ4v) is 2.45. The number of aryl methyl sites for hydroxylation is 2. The van der Waals surface area contributed by atoms with Crippen molar-refractivity contribution in [2.24, 2.45) is 5.84 Å². The van der Waals surface area contributed by atoms with Crippen molar-refractivity contribution in [1.29, 1.82) is 0 Å². The van der Waals surface area contributed by atoms with Crippen LogP contribution in [0.15, 0.2) is 30.5 Å². The maximum atomic E-state index is 13.5. The van der Waals surface area contributed by atoms with E-state index in [0.29, 0.717) is 12.0 Å². The smallest absolute Gasteiger partial charge is 0.142 e. The van der Waals surface area contributed by atoms with E-state index in [9.17, 15) is 4.39 Å². The van der Waals surface area contributed by atoms with Crippen LogP contribution in [-0.2, 0) is 6.42 Å². The van der Waals surface area contributed by atoms with Crippen molar-refractivity contribution in [3.05, 3.63) is 63.7 Å². The van der Waals surface area contributed by atoms with E-state index in [1.165, 1.54) is 6.07 Å². The molecule has 1 aromatic heterocycles. The van der Waals surface area contributed by atoms with E-state index in [1.807, 2.05) is 19.9 Å². The normalized spacial score (nSPS) is 12.4. The highest BCUT2D eigenvalue weighted by Crippen LogP contribution is 2.26. The number of pyridine rings is 1. The van der Waals surface area contributed by atoms with Gasteiger partial charge in [0.1, 0.15) is 5.82 Å². The first-order valence-corrected chi connectivity index (χ1v) is 6.73. The minimum absolute atomic E-state index is 0.137. The largest absolute Gasteiger partial charge is 0.271 e. The lowest BCUT2D eigenvalue weighted by Crippen LogP contribution is -2.31. The van der Waals surface area contributed by atoms with E-state index in [2.05, 4.69) is 10.4 Å². The number of hydrogen-bond acceptors (Lipinski definition) is 3. The molecule has 5 heteroatoms. The summed E-state index contributed by atoms with van der Waals surface area (Å²) in [5.74, 6) is 5.20. The predicted octanol–water partition coefficient (Wildman–Crippen LogP) is 3.24. The Balaban J connectivity index is 2.31. The topological polar surface area (TPSA) is 50.9 Å². The van der Waals surface area contributed by atoms with Crippen LogP contribution in [0.3, 0.4) is 0 Å². The van der Waals surface area contributed by atoms with Gasteiger partial charge < -0.3 is 0 Å². The zero-order chi connectivity index (χ0) is 14.7. The van der Waals surface area contributed by atoms with E-state index in [0.717, 1.165) is 16.8 Å². The number of benzene rings is 1. The van der Waals surface area contributed by atoms with Gasteiger partial charge in [0.25, 0.3) is 0 Å². The van der Waals surface area contributed by atoms with Gasteiger partial charge in [-0.15, -0.1) is 0 Å². The number of hydrazine groups is 1. The second-order valence-electron chi connectivity index (χ2n) is 4.85. The van der Waals surface area contributed by atoms with Gasteiger partial charge in [0, 0.05) is 6.20 Å². The van der Waals surface area contributed by atoms with Crippen molar-refractivity contribution in [1.82, 2.24) is 10.4 Å². The average molecular weight is 294 g/mol. The van der Waals surface area contributed by atoms with E-state index in [-0.39, 0.29) is 11.1 Å². The van der Waals surface area contributed by atoms with Gasteiger partial charge in [0.15, 0.2) is 0 Å². The van der Waals surface area contributed by atoms with E-state index < -0.39 is 5.82 Å². The highest BCUT2D eigenvalue weighted by atomic mass is 35.5. The van der Waals surface area contributed by atoms with Crippen LogP contribution in [-0.4, -0.2) is 4.98 Å². The molecule has 106 valence electrons. The Kier molecular flexibility index (Phi) is 4.70. The molecule has 0 fully saturated rings. The standard InChI is InChI=1S/C15H17ClFN3/c1-9-6-10(2)15(19-8-9)13(20-18)7-11-4-3-5-12(17)14(11)16/h3-6,8,13,20H,7,18H2,1-2H3. The predicted molar refractivity (Wildman–Crippen MR) is 78.9 cm³/mol. The summed E-state index contributed by atoms with van der Waals surface area (Å²) in [7, 11) is 0. The van der Waals surface area contributed by atoms with Crippen LogP contribution in [0, 0.1) is 19.7 Å². The number of halogens is 2. The molecule has 3 N–H and O–H groups in total. The molecule has 1 heterocycles. The SMILES string of the molecule is Cc1cnc(C(Cc2cccc(F)c2Cl)NN)c(C)c1. The van der Waals surface area contributed by atoms with Crippen LogP contribution in [0.2, 0.25) is 5.02 Å². The Morgan fingerprint density at radius 1 is 1.40 bits per heavy atom. The van der Waals surface area contributed by atoms with Gasteiger partial charge in [0.05, 0.1) is 16.8 Å². The van der Waals surface area contributed by atoms with Gasteiger partial charge in [-0.2, -0.15) is 0 Å². The van der Waals surface area contributed by atoms with Crippen LogP contribution in [0.25, 0.3) is 0 Å². The number of rotatable bonds is 4.